The summed E-state index contributed by atoms with van der Waals surface area (Å²) >= 11 is 0. The standard InChI is InChI=1S/C33H50N4O7/c1-19(2)26(36-30(41)44-32(10,11)12)27(38)37-16-25(35-18-37)22(6)24-15-13-14-23(21(24)5)17-42-28(39)33(34,20(3)4)29(40)43-31(7,8)9/h13-16,18-20,22,26H,17,34H2,1-12H3,(H,36,41). The minimum atomic E-state index is -1.96. The van der Waals surface area contributed by atoms with Crippen molar-refractivity contribution in [1.29, 1.82) is 0 Å². The zero-order chi connectivity index (χ0) is 33.8. The second-order valence-electron chi connectivity index (χ2n) is 13.9. The van der Waals surface area contributed by atoms with Crippen LogP contribution < -0.4 is 11.1 Å². The molecule has 0 saturated heterocycles. The van der Waals surface area contributed by atoms with Gasteiger partial charge in [0.05, 0.1) is 5.69 Å². The molecular weight excluding hydrogens is 564 g/mol. The quantitative estimate of drug-likeness (QED) is 0.207. The Bertz CT molecular complexity index is 1350. The number of hydrogen-bond acceptors (Lipinski definition) is 9. The van der Waals surface area contributed by atoms with E-state index in [9.17, 15) is 19.2 Å². The van der Waals surface area contributed by atoms with Gasteiger partial charge in [-0.2, -0.15) is 0 Å². The highest BCUT2D eigenvalue weighted by Crippen LogP contribution is 2.29. The van der Waals surface area contributed by atoms with Gasteiger partial charge in [0.25, 0.3) is 5.91 Å². The molecule has 11 heteroatoms. The Hall–Kier alpha value is -3.73. The molecule has 0 aliphatic heterocycles. The van der Waals surface area contributed by atoms with Gasteiger partial charge in [-0.1, -0.05) is 52.8 Å². The van der Waals surface area contributed by atoms with Gasteiger partial charge in [-0.3, -0.25) is 9.36 Å². The van der Waals surface area contributed by atoms with Gasteiger partial charge < -0.3 is 25.3 Å². The number of nitrogens with zero attached hydrogens (tertiary/aromatic N) is 2. The monoisotopic (exact) mass is 614 g/mol. The molecule has 0 bridgehead atoms. The topological polar surface area (TPSA) is 152 Å². The molecule has 1 aromatic carbocycles. The fourth-order valence-corrected chi connectivity index (χ4v) is 4.46. The highest BCUT2D eigenvalue weighted by Gasteiger charge is 2.49. The largest absolute Gasteiger partial charge is 0.459 e. The van der Waals surface area contributed by atoms with E-state index in [1.807, 2.05) is 45.9 Å². The molecule has 0 fully saturated rings. The fraction of sp³-hybridized carbons (Fsp3) is 0.606. The number of imidazole rings is 1. The summed E-state index contributed by atoms with van der Waals surface area (Å²) in [6.45, 7) is 21.2. The molecule has 0 saturated carbocycles. The number of nitrogens with one attached hydrogen (secondary N) is 1. The van der Waals surface area contributed by atoms with Crippen LogP contribution in [0.5, 0.6) is 0 Å². The van der Waals surface area contributed by atoms with Crippen molar-refractivity contribution >= 4 is 23.9 Å². The number of rotatable bonds is 10. The molecular formula is C33H50N4O7. The summed E-state index contributed by atoms with van der Waals surface area (Å²) in [5.41, 5.74) is 5.97. The van der Waals surface area contributed by atoms with Crippen LogP contribution in [-0.2, 0) is 30.4 Å². The highest BCUT2D eigenvalue weighted by molar-refractivity contribution is 6.05. The van der Waals surface area contributed by atoms with Gasteiger partial charge >= 0.3 is 18.0 Å². The molecule has 0 radical (unpaired) electrons. The van der Waals surface area contributed by atoms with E-state index in [1.54, 1.807) is 61.6 Å². The smallest absolute Gasteiger partial charge is 0.408 e. The van der Waals surface area contributed by atoms with Crippen LogP contribution in [0.25, 0.3) is 0 Å². The Balaban J connectivity index is 2.24. The molecule has 244 valence electrons. The Labute approximate surface area is 261 Å². The molecule has 1 aromatic heterocycles. The van der Waals surface area contributed by atoms with E-state index in [0.29, 0.717) is 5.69 Å². The van der Waals surface area contributed by atoms with E-state index in [-0.39, 0.29) is 24.3 Å². The number of benzene rings is 1. The molecule has 11 nitrogen and oxygen atoms in total. The molecule has 3 unspecified atom stereocenters. The summed E-state index contributed by atoms with van der Waals surface area (Å²) in [6.07, 6.45) is 2.42. The van der Waals surface area contributed by atoms with Crippen LogP contribution in [0.1, 0.15) is 109 Å². The van der Waals surface area contributed by atoms with Gasteiger partial charge in [0, 0.05) is 12.1 Å². The first kappa shape index (κ1) is 36.5. The van der Waals surface area contributed by atoms with Crippen LogP contribution in [0.4, 0.5) is 4.79 Å². The number of ether oxygens (including phenoxy) is 3. The summed E-state index contributed by atoms with van der Waals surface area (Å²) in [5.74, 6) is -3.02. The van der Waals surface area contributed by atoms with Gasteiger partial charge in [-0.25, -0.2) is 19.4 Å². The lowest BCUT2D eigenvalue weighted by atomic mass is 9.87. The number of alkyl carbamates (subject to hydrolysis) is 1. The van der Waals surface area contributed by atoms with Crippen LogP contribution in [0, 0.1) is 18.8 Å². The van der Waals surface area contributed by atoms with Crippen molar-refractivity contribution in [2.75, 3.05) is 0 Å². The molecule has 3 atom stereocenters. The highest BCUT2D eigenvalue weighted by atomic mass is 16.6. The lowest BCUT2D eigenvalue weighted by Gasteiger charge is -2.32. The van der Waals surface area contributed by atoms with Crippen LogP contribution >= 0.6 is 0 Å². The average molecular weight is 615 g/mol. The van der Waals surface area contributed by atoms with Gasteiger partial charge in [0.1, 0.15) is 30.2 Å². The Morgan fingerprint density at radius 3 is 2.05 bits per heavy atom. The zero-order valence-electron chi connectivity index (χ0n) is 28.2. The van der Waals surface area contributed by atoms with E-state index in [1.165, 1.54) is 10.9 Å². The van der Waals surface area contributed by atoms with Gasteiger partial charge in [0.2, 0.25) is 5.54 Å². The van der Waals surface area contributed by atoms with Gasteiger partial charge in [0.15, 0.2) is 0 Å². The number of aromatic nitrogens is 2. The van der Waals surface area contributed by atoms with Crippen LogP contribution in [0.15, 0.2) is 30.7 Å². The molecule has 2 rings (SSSR count). The Morgan fingerprint density at radius 2 is 1.52 bits per heavy atom. The summed E-state index contributed by atoms with van der Waals surface area (Å²) in [6, 6.07) is 4.80. The third kappa shape index (κ3) is 9.14. The van der Waals surface area contributed by atoms with E-state index in [0.717, 1.165) is 16.7 Å². The van der Waals surface area contributed by atoms with E-state index in [2.05, 4.69) is 10.3 Å². The van der Waals surface area contributed by atoms with E-state index < -0.39 is 46.7 Å². The maximum Gasteiger partial charge on any atom is 0.408 e. The van der Waals surface area contributed by atoms with Crippen molar-refractivity contribution in [3.05, 3.63) is 53.1 Å². The first-order chi connectivity index (χ1) is 20.1. The number of carbonyl (C=O) groups is 4. The third-order valence-electron chi connectivity index (χ3n) is 7.20. The summed E-state index contributed by atoms with van der Waals surface area (Å²) in [7, 11) is 0. The van der Waals surface area contributed by atoms with Crippen molar-refractivity contribution in [2.45, 2.75) is 118 Å². The minimum Gasteiger partial charge on any atom is -0.459 e. The van der Waals surface area contributed by atoms with Crippen molar-refractivity contribution in [3.63, 3.8) is 0 Å². The lowest BCUT2D eigenvalue weighted by molar-refractivity contribution is -0.174. The normalized spacial score (nSPS) is 14.9. The summed E-state index contributed by atoms with van der Waals surface area (Å²) < 4.78 is 17.7. The summed E-state index contributed by atoms with van der Waals surface area (Å²) in [4.78, 5) is 56.2. The zero-order valence-corrected chi connectivity index (χ0v) is 28.2. The molecule has 2 aromatic rings. The molecule has 1 heterocycles. The number of carbonyl (C=O) groups excluding carboxylic acids is 4. The second kappa shape index (κ2) is 13.9. The van der Waals surface area contributed by atoms with Crippen LogP contribution in [-0.4, -0.2) is 56.3 Å². The van der Waals surface area contributed by atoms with Gasteiger partial charge in [-0.15, -0.1) is 0 Å². The molecule has 1 amide bonds. The molecule has 0 aliphatic rings. The predicted octanol–water partition coefficient (Wildman–Crippen LogP) is 5.27. The Morgan fingerprint density at radius 1 is 0.932 bits per heavy atom. The number of esters is 2. The molecule has 44 heavy (non-hydrogen) atoms. The lowest BCUT2D eigenvalue weighted by Crippen LogP contribution is -2.61. The summed E-state index contributed by atoms with van der Waals surface area (Å²) in [5, 5.41) is 2.68. The average Bonchev–Trinajstić information content (AvgIpc) is 3.38. The SMILES string of the molecule is Cc1c(COC(=O)C(N)(C(=O)OC(C)(C)C)C(C)C)cccc1C(C)c1cn(C(=O)C(NC(=O)OC(C)(C)C)C(C)C)cn1. The predicted molar refractivity (Wildman–Crippen MR) is 167 cm³/mol. The van der Waals surface area contributed by atoms with Crippen LogP contribution in [0.2, 0.25) is 0 Å². The second-order valence-corrected chi connectivity index (χ2v) is 13.9. The van der Waals surface area contributed by atoms with E-state index in [4.69, 9.17) is 19.9 Å². The maximum absolute atomic E-state index is 13.3. The molecule has 3 N–H and O–H groups in total. The minimum absolute atomic E-state index is 0.0982. The molecule has 0 aliphatic carbocycles. The maximum atomic E-state index is 13.3. The van der Waals surface area contributed by atoms with Crippen molar-refractivity contribution in [3.8, 4) is 0 Å². The molecule has 0 spiro atoms. The van der Waals surface area contributed by atoms with Crippen molar-refractivity contribution < 1.29 is 33.4 Å². The first-order valence-electron chi connectivity index (χ1n) is 14.9. The Kier molecular flexibility index (Phi) is 11.5. The van der Waals surface area contributed by atoms with Crippen LogP contribution in [0.3, 0.4) is 0 Å². The van der Waals surface area contributed by atoms with E-state index >= 15 is 0 Å². The third-order valence-corrected chi connectivity index (χ3v) is 7.20. The van der Waals surface area contributed by atoms with Gasteiger partial charge in [-0.05, 0) is 77.0 Å². The number of hydrogen-bond donors (Lipinski definition) is 2. The number of amides is 1. The fourth-order valence-electron chi connectivity index (χ4n) is 4.46. The first-order valence-corrected chi connectivity index (χ1v) is 14.9. The number of nitrogens with two attached hydrogens (primary N) is 1. The van der Waals surface area contributed by atoms with Crippen molar-refractivity contribution in [2.24, 2.45) is 17.6 Å². The van der Waals surface area contributed by atoms with Crippen molar-refractivity contribution in [1.82, 2.24) is 14.9 Å².